The second-order valence-electron chi connectivity index (χ2n) is 9.80. The lowest BCUT2D eigenvalue weighted by Crippen LogP contribution is -2.55. The Kier molecular flexibility index (Phi) is 9.90. The van der Waals surface area contributed by atoms with Gasteiger partial charge in [-0.25, -0.2) is 0 Å². The third kappa shape index (κ3) is 6.35. The summed E-state index contributed by atoms with van der Waals surface area (Å²) < 4.78 is 11.3. The van der Waals surface area contributed by atoms with Crippen LogP contribution in [0.2, 0.25) is 0 Å². The SMILES string of the molecule is CCCN(CCC)c1ccc2cc(-c3ccc(/C(C)=C(\C#N)C(=O)N[C@H]4SO[C@H](CO)[C@@H](O)[C@@H]4O)o3)ccc2c1. The number of furan rings is 1. The number of carbonyl (C=O) groups is 1. The largest absolute Gasteiger partial charge is 0.456 e. The number of benzene rings is 2. The number of aliphatic hydroxyl groups is 3. The van der Waals surface area contributed by atoms with E-state index in [0.29, 0.717) is 17.1 Å². The minimum Gasteiger partial charge on any atom is -0.456 e. The Bertz CT molecular complexity index is 1410. The molecule has 9 nitrogen and oxygen atoms in total. The highest BCUT2D eigenvalue weighted by atomic mass is 32.2. The minimum absolute atomic E-state index is 0.192. The van der Waals surface area contributed by atoms with Crippen LogP contribution in [0, 0.1) is 11.3 Å². The van der Waals surface area contributed by atoms with Crippen molar-refractivity contribution < 1.29 is 28.7 Å². The van der Waals surface area contributed by atoms with Crippen LogP contribution in [0.1, 0.15) is 39.4 Å². The quantitative estimate of drug-likeness (QED) is 0.162. The average Bonchev–Trinajstić information content (AvgIpc) is 3.46. The second-order valence-corrected chi connectivity index (χ2v) is 10.7. The average molecular weight is 566 g/mol. The third-order valence-electron chi connectivity index (χ3n) is 6.93. The second kappa shape index (κ2) is 13.4. The Labute approximate surface area is 238 Å². The Hall–Kier alpha value is -3.33. The Balaban J connectivity index is 1.53. The number of hydrogen-bond acceptors (Lipinski definition) is 9. The fourth-order valence-electron chi connectivity index (χ4n) is 4.71. The van der Waals surface area contributed by atoms with Gasteiger partial charge in [-0.15, -0.1) is 0 Å². The van der Waals surface area contributed by atoms with Gasteiger partial charge in [-0.05, 0) is 60.9 Å². The molecule has 1 aliphatic heterocycles. The van der Waals surface area contributed by atoms with Crippen LogP contribution in [-0.2, 0) is 8.98 Å². The fraction of sp³-hybridized carbons (Fsp3) is 0.400. The van der Waals surface area contributed by atoms with Gasteiger partial charge in [-0.2, -0.15) is 5.26 Å². The molecule has 0 saturated carbocycles. The number of carbonyl (C=O) groups excluding carboxylic acids is 1. The van der Waals surface area contributed by atoms with Crippen LogP contribution in [0.25, 0.3) is 27.7 Å². The Morgan fingerprint density at radius 1 is 1.05 bits per heavy atom. The molecule has 0 unspecified atom stereocenters. The summed E-state index contributed by atoms with van der Waals surface area (Å²) in [5.41, 5.74) is 2.21. The Morgan fingerprint density at radius 2 is 1.75 bits per heavy atom. The molecule has 4 N–H and O–H groups in total. The predicted octanol–water partition coefficient (Wildman–Crippen LogP) is 4.23. The lowest BCUT2D eigenvalue weighted by Gasteiger charge is -2.35. The standard InChI is InChI=1S/C30H35N3O6S/c1-4-12-33(13-5-2)22-9-8-19-14-21(7-6-20(19)15-22)25-11-10-24(38-25)18(3)23(16-31)29(37)32-30-28(36)27(35)26(17-34)39-40-30/h6-11,14-15,26-28,30,34-36H,4-5,12-13,17H2,1-3H3,(H,32,37)/b23-18+/t26-,27-,28+,30+/m1/s1. The normalized spacial score (nSPS) is 21.5. The number of hydrogen-bond donors (Lipinski definition) is 4. The van der Waals surface area contributed by atoms with E-state index in [1.54, 1.807) is 19.1 Å². The molecule has 1 fully saturated rings. The van der Waals surface area contributed by atoms with Crippen molar-refractivity contribution in [1.82, 2.24) is 5.32 Å². The first-order valence-corrected chi connectivity index (χ1v) is 14.2. The fourth-order valence-corrected chi connectivity index (χ4v) is 5.58. The maximum atomic E-state index is 12.9. The molecule has 10 heteroatoms. The molecule has 0 aliphatic carbocycles. The van der Waals surface area contributed by atoms with E-state index in [1.165, 1.54) is 5.69 Å². The molecule has 4 rings (SSSR count). The van der Waals surface area contributed by atoms with E-state index in [0.717, 1.165) is 54.3 Å². The number of allylic oxidation sites excluding steroid dienone is 1. The van der Waals surface area contributed by atoms with Crippen LogP contribution >= 0.6 is 12.0 Å². The van der Waals surface area contributed by atoms with E-state index < -0.39 is 36.2 Å². The number of nitriles is 1. The van der Waals surface area contributed by atoms with Crippen molar-refractivity contribution in [3.63, 3.8) is 0 Å². The van der Waals surface area contributed by atoms with E-state index in [2.05, 4.69) is 54.4 Å². The zero-order valence-electron chi connectivity index (χ0n) is 22.8. The minimum atomic E-state index is -1.39. The van der Waals surface area contributed by atoms with E-state index in [1.807, 2.05) is 12.1 Å². The summed E-state index contributed by atoms with van der Waals surface area (Å²) in [7, 11) is 0. The highest BCUT2D eigenvalue weighted by Crippen LogP contribution is 2.32. The monoisotopic (exact) mass is 565 g/mol. The van der Waals surface area contributed by atoms with Gasteiger partial charge in [0, 0.05) is 42.0 Å². The lowest BCUT2D eigenvalue weighted by atomic mass is 10.0. The van der Waals surface area contributed by atoms with Crippen molar-refractivity contribution in [3.05, 3.63) is 59.9 Å². The summed E-state index contributed by atoms with van der Waals surface area (Å²) in [5, 5.41) is 43.0. The topological polar surface area (TPSA) is 139 Å². The number of amides is 1. The van der Waals surface area contributed by atoms with E-state index in [4.69, 9.17) is 8.60 Å². The molecule has 40 heavy (non-hydrogen) atoms. The molecule has 1 amide bonds. The molecule has 1 aliphatic rings. The molecule has 3 aromatic rings. The van der Waals surface area contributed by atoms with E-state index in [9.17, 15) is 25.4 Å². The van der Waals surface area contributed by atoms with E-state index >= 15 is 0 Å². The van der Waals surface area contributed by atoms with Crippen molar-refractivity contribution in [1.29, 1.82) is 5.26 Å². The number of aliphatic hydroxyl groups excluding tert-OH is 3. The zero-order valence-corrected chi connectivity index (χ0v) is 23.6. The molecule has 0 bridgehead atoms. The maximum Gasteiger partial charge on any atom is 0.263 e. The number of anilines is 1. The van der Waals surface area contributed by atoms with Crippen molar-refractivity contribution in [2.45, 2.75) is 57.3 Å². The van der Waals surface area contributed by atoms with Crippen LogP contribution in [0.4, 0.5) is 5.69 Å². The molecule has 4 atom stereocenters. The molecule has 0 spiro atoms. The summed E-state index contributed by atoms with van der Waals surface area (Å²) in [4.78, 5) is 15.3. The highest BCUT2D eigenvalue weighted by Gasteiger charge is 2.40. The van der Waals surface area contributed by atoms with Crippen LogP contribution in [0.15, 0.2) is 58.5 Å². The van der Waals surface area contributed by atoms with Gasteiger partial charge in [-0.1, -0.05) is 32.0 Å². The molecular formula is C30H35N3O6S. The van der Waals surface area contributed by atoms with E-state index in [-0.39, 0.29) is 5.57 Å². The van der Waals surface area contributed by atoms with Crippen molar-refractivity contribution in [2.75, 3.05) is 24.6 Å². The first-order valence-electron chi connectivity index (χ1n) is 13.4. The number of fused-ring (bicyclic) bond motifs is 1. The van der Waals surface area contributed by atoms with Gasteiger partial charge in [0.25, 0.3) is 5.91 Å². The lowest BCUT2D eigenvalue weighted by molar-refractivity contribution is -0.120. The summed E-state index contributed by atoms with van der Waals surface area (Å²) in [6, 6.07) is 18.0. The van der Waals surface area contributed by atoms with Crippen LogP contribution in [0.5, 0.6) is 0 Å². The van der Waals surface area contributed by atoms with Crippen LogP contribution in [0.3, 0.4) is 0 Å². The smallest absolute Gasteiger partial charge is 0.263 e. The first kappa shape index (κ1) is 29.6. The number of nitrogens with zero attached hydrogens (tertiary/aromatic N) is 2. The number of nitrogens with one attached hydrogen (secondary N) is 1. The molecular weight excluding hydrogens is 530 g/mol. The van der Waals surface area contributed by atoms with Gasteiger partial charge in [0.05, 0.1) is 6.61 Å². The predicted molar refractivity (Wildman–Crippen MR) is 156 cm³/mol. The molecule has 0 radical (unpaired) electrons. The maximum absolute atomic E-state index is 12.9. The number of rotatable bonds is 10. The van der Waals surface area contributed by atoms with Crippen LogP contribution in [-0.4, -0.2) is 64.6 Å². The zero-order chi connectivity index (χ0) is 28.8. The third-order valence-corrected chi connectivity index (χ3v) is 7.89. The van der Waals surface area contributed by atoms with Gasteiger partial charge in [-0.3, -0.25) is 4.79 Å². The van der Waals surface area contributed by atoms with Gasteiger partial charge < -0.3 is 34.1 Å². The highest BCUT2D eigenvalue weighted by molar-refractivity contribution is 7.95. The molecule has 2 heterocycles. The van der Waals surface area contributed by atoms with Crippen molar-refractivity contribution >= 4 is 40.0 Å². The molecule has 212 valence electrons. The van der Waals surface area contributed by atoms with Gasteiger partial charge in [0.2, 0.25) is 0 Å². The summed E-state index contributed by atoms with van der Waals surface area (Å²) in [6.07, 6.45) is -1.58. The molecule has 1 aromatic heterocycles. The summed E-state index contributed by atoms with van der Waals surface area (Å²) in [5.74, 6) is 0.219. The summed E-state index contributed by atoms with van der Waals surface area (Å²) in [6.45, 7) is 7.53. The molecule has 1 saturated heterocycles. The van der Waals surface area contributed by atoms with Crippen LogP contribution < -0.4 is 10.2 Å². The summed E-state index contributed by atoms with van der Waals surface area (Å²) >= 11 is 0.721. The van der Waals surface area contributed by atoms with Crippen molar-refractivity contribution in [3.8, 4) is 17.4 Å². The van der Waals surface area contributed by atoms with Gasteiger partial charge in [0.15, 0.2) is 0 Å². The van der Waals surface area contributed by atoms with Gasteiger partial charge >= 0.3 is 0 Å². The first-order chi connectivity index (χ1) is 19.3. The van der Waals surface area contributed by atoms with Gasteiger partial charge in [0.1, 0.15) is 46.8 Å². The molecule has 2 aromatic carbocycles. The van der Waals surface area contributed by atoms with Crippen molar-refractivity contribution in [2.24, 2.45) is 0 Å². The Morgan fingerprint density at radius 3 is 2.42 bits per heavy atom.